The van der Waals surface area contributed by atoms with Crippen molar-refractivity contribution < 1.29 is 22.7 Å². The zero-order valence-electron chi connectivity index (χ0n) is 24.9. The van der Waals surface area contributed by atoms with Gasteiger partial charge in [0.1, 0.15) is 18.3 Å². The lowest BCUT2D eigenvalue weighted by atomic mass is 9.84. The van der Waals surface area contributed by atoms with Crippen LogP contribution in [0.3, 0.4) is 0 Å². The van der Waals surface area contributed by atoms with E-state index in [4.69, 9.17) is 20.6 Å². The molecule has 0 spiro atoms. The van der Waals surface area contributed by atoms with Crippen LogP contribution in [0, 0.1) is 17.0 Å². The Kier molecular flexibility index (Phi) is 9.93. The minimum Gasteiger partial charge on any atom is -0.372 e. The second-order valence-corrected chi connectivity index (χ2v) is 12.2. The third-order valence-electron chi connectivity index (χ3n) is 7.25. The molecule has 4 rings (SSSR count). The van der Waals surface area contributed by atoms with E-state index in [0.29, 0.717) is 25.5 Å². The Morgan fingerprint density at radius 3 is 2.29 bits per heavy atom. The fraction of sp³-hybridized carbons (Fsp3) is 0.516. The summed E-state index contributed by atoms with van der Waals surface area (Å²) in [7, 11) is 0. The molecule has 2 amide bonds. The molecule has 8 nitrogen and oxygen atoms in total. The van der Waals surface area contributed by atoms with Gasteiger partial charge in [-0.3, -0.25) is 0 Å². The average Bonchev–Trinajstić information content (AvgIpc) is 3.31. The number of rotatable bonds is 9. The SMILES string of the molecule is C[C@@H]1CN(C(=O)N(CC[C@H](N)CF)[C@@H](c2nc(-c3cc(F)cc(F)c3)nn2Cc2ccccc2)C(C)(C)C)C[C@H](C)O1. The van der Waals surface area contributed by atoms with Crippen molar-refractivity contribution in [2.24, 2.45) is 11.1 Å². The molecule has 1 aliphatic heterocycles. The van der Waals surface area contributed by atoms with Gasteiger partial charge in [0.25, 0.3) is 0 Å². The summed E-state index contributed by atoms with van der Waals surface area (Å²) >= 11 is 0. The highest BCUT2D eigenvalue weighted by molar-refractivity contribution is 5.75. The zero-order valence-corrected chi connectivity index (χ0v) is 24.9. The Balaban J connectivity index is 1.85. The van der Waals surface area contributed by atoms with Crippen LogP contribution < -0.4 is 5.73 Å². The van der Waals surface area contributed by atoms with Gasteiger partial charge in [0.15, 0.2) is 11.6 Å². The Morgan fingerprint density at radius 1 is 1.10 bits per heavy atom. The number of ether oxygens (including phenoxy) is 1. The quantitative estimate of drug-likeness (QED) is 0.354. The van der Waals surface area contributed by atoms with Crippen molar-refractivity contribution in [3.8, 4) is 11.4 Å². The number of hydrogen-bond donors (Lipinski definition) is 1. The molecule has 0 saturated carbocycles. The second-order valence-electron chi connectivity index (χ2n) is 12.2. The molecule has 3 aromatic rings. The predicted molar refractivity (Wildman–Crippen MR) is 155 cm³/mol. The molecule has 1 fully saturated rings. The van der Waals surface area contributed by atoms with Crippen LogP contribution in [0.5, 0.6) is 0 Å². The van der Waals surface area contributed by atoms with Crippen molar-refractivity contribution >= 4 is 6.03 Å². The summed E-state index contributed by atoms with van der Waals surface area (Å²) in [5.74, 6) is -0.908. The molecule has 4 atom stereocenters. The summed E-state index contributed by atoms with van der Waals surface area (Å²) < 4.78 is 49.4. The van der Waals surface area contributed by atoms with Crippen LogP contribution in [0.2, 0.25) is 0 Å². The first-order valence-electron chi connectivity index (χ1n) is 14.3. The number of carbonyl (C=O) groups is 1. The van der Waals surface area contributed by atoms with Crippen molar-refractivity contribution in [1.29, 1.82) is 0 Å². The highest BCUT2D eigenvalue weighted by Crippen LogP contribution is 2.39. The zero-order chi connectivity index (χ0) is 30.6. The largest absolute Gasteiger partial charge is 0.372 e. The van der Waals surface area contributed by atoms with Gasteiger partial charge >= 0.3 is 6.03 Å². The number of carbonyl (C=O) groups excluding carboxylic acids is 1. The van der Waals surface area contributed by atoms with Gasteiger partial charge in [0.05, 0.1) is 24.8 Å². The average molecular weight is 587 g/mol. The van der Waals surface area contributed by atoms with E-state index in [-0.39, 0.29) is 42.6 Å². The van der Waals surface area contributed by atoms with Gasteiger partial charge in [0, 0.05) is 37.3 Å². The molecule has 1 saturated heterocycles. The first-order valence-corrected chi connectivity index (χ1v) is 14.3. The lowest BCUT2D eigenvalue weighted by Crippen LogP contribution is -2.55. The van der Waals surface area contributed by atoms with Gasteiger partial charge in [0.2, 0.25) is 0 Å². The van der Waals surface area contributed by atoms with Crippen molar-refractivity contribution in [3.63, 3.8) is 0 Å². The molecule has 0 bridgehead atoms. The summed E-state index contributed by atoms with van der Waals surface area (Å²) in [5.41, 5.74) is 6.52. The highest BCUT2D eigenvalue weighted by atomic mass is 19.1. The number of urea groups is 1. The summed E-state index contributed by atoms with van der Waals surface area (Å²) in [4.78, 5) is 22.6. The number of nitrogens with zero attached hydrogens (tertiary/aromatic N) is 5. The molecule has 0 radical (unpaired) electrons. The second kappa shape index (κ2) is 13.2. The minimum atomic E-state index is -0.745. The first kappa shape index (κ1) is 31.5. The van der Waals surface area contributed by atoms with Crippen LogP contribution in [0.1, 0.15) is 58.5 Å². The van der Waals surface area contributed by atoms with E-state index in [2.05, 4.69) is 0 Å². The number of amides is 2. The molecule has 228 valence electrons. The summed E-state index contributed by atoms with van der Waals surface area (Å²) in [6.45, 7) is 10.4. The number of aromatic nitrogens is 3. The topological polar surface area (TPSA) is 89.5 Å². The maximum absolute atomic E-state index is 14.3. The summed E-state index contributed by atoms with van der Waals surface area (Å²) in [6, 6.07) is 11.1. The minimum absolute atomic E-state index is 0.134. The third kappa shape index (κ3) is 7.69. The molecule has 2 aromatic carbocycles. The van der Waals surface area contributed by atoms with Crippen molar-refractivity contribution in [3.05, 3.63) is 71.6 Å². The van der Waals surface area contributed by atoms with Crippen molar-refractivity contribution in [2.45, 2.75) is 71.9 Å². The summed E-state index contributed by atoms with van der Waals surface area (Å²) in [5, 5.41) is 4.70. The van der Waals surface area contributed by atoms with Crippen molar-refractivity contribution in [1.82, 2.24) is 24.6 Å². The molecule has 42 heavy (non-hydrogen) atoms. The number of benzene rings is 2. The monoisotopic (exact) mass is 586 g/mol. The Labute approximate surface area is 245 Å². The van der Waals surface area contributed by atoms with Crippen LogP contribution >= 0.6 is 0 Å². The normalized spacial score (nSPS) is 19.0. The van der Waals surface area contributed by atoms with Gasteiger partial charge in [-0.05, 0) is 43.4 Å². The number of nitrogens with two attached hydrogens (primary N) is 1. The van der Waals surface area contributed by atoms with E-state index in [9.17, 15) is 18.0 Å². The van der Waals surface area contributed by atoms with Crippen LogP contribution in [-0.4, -0.2) is 75.2 Å². The van der Waals surface area contributed by atoms with Crippen LogP contribution in [0.25, 0.3) is 11.4 Å². The molecule has 0 unspecified atom stereocenters. The standard InChI is InChI=1S/C31H41F3N6O2/c1-20-17-38(18-21(2)42-20)30(41)39(12-11-26(35)16-32)27(31(3,4)5)29-36-28(23-13-24(33)15-25(34)14-23)37-40(29)19-22-9-7-6-8-10-22/h6-10,13-15,20-21,26-27H,11-12,16-19,35H2,1-5H3/t20-,21+,26-,27-/m0/s1. The summed E-state index contributed by atoms with van der Waals surface area (Å²) in [6.07, 6.45) is -0.0760. The van der Waals surface area contributed by atoms with Gasteiger partial charge < -0.3 is 20.3 Å². The van der Waals surface area contributed by atoms with Crippen LogP contribution in [-0.2, 0) is 11.3 Å². The highest BCUT2D eigenvalue weighted by Gasteiger charge is 2.41. The third-order valence-corrected chi connectivity index (χ3v) is 7.25. The van der Waals surface area contributed by atoms with E-state index in [0.717, 1.165) is 11.6 Å². The lowest BCUT2D eigenvalue weighted by Gasteiger charge is -2.44. The van der Waals surface area contributed by atoms with Crippen molar-refractivity contribution in [2.75, 3.05) is 26.3 Å². The predicted octanol–water partition coefficient (Wildman–Crippen LogP) is 5.58. The molecule has 11 heteroatoms. The van der Waals surface area contributed by atoms with E-state index < -0.39 is 35.8 Å². The fourth-order valence-electron chi connectivity index (χ4n) is 5.46. The molecule has 1 aliphatic rings. The fourth-order valence-corrected chi connectivity index (χ4v) is 5.46. The molecule has 2 heterocycles. The molecule has 2 N–H and O–H groups in total. The Morgan fingerprint density at radius 2 is 1.71 bits per heavy atom. The number of morpholine rings is 1. The van der Waals surface area contributed by atoms with Gasteiger partial charge in [-0.2, -0.15) is 5.10 Å². The molecule has 1 aromatic heterocycles. The maximum Gasteiger partial charge on any atom is 0.320 e. The number of alkyl halides is 1. The molecule has 0 aliphatic carbocycles. The van der Waals surface area contributed by atoms with Gasteiger partial charge in [-0.1, -0.05) is 51.1 Å². The smallest absolute Gasteiger partial charge is 0.320 e. The Bertz CT molecular complexity index is 1320. The van der Waals surface area contributed by atoms with Gasteiger partial charge in [-0.15, -0.1) is 0 Å². The van der Waals surface area contributed by atoms with E-state index in [1.165, 1.54) is 12.1 Å². The number of halogens is 3. The van der Waals surface area contributed by atoms with Gasteiger partial charge in [-0.25, -0.2) is 27.6 Å². The van der Waals surface area contributed by atoms with E-state index in [1.54, 1.807) is 14.5 Å². The molecular formula is C31H41F3N6O2. The van der Waals surface area contributed by atoms with E-state index >= 15 is 0 Å². The van der Waals surface area contributed by atoms with Crippen LogP contribution in [0.4, 0.5) is 18.0 Å². The first-order chi connectivity index (χ1) is 19.8. The maximum atomic E-state index is 14.3. The number of hydrogen-bond acceptors (Lipinski definition) is 5. The lowest BCUT2D eigenvalue weighted by molar-refractivity contribution is -0.0613. The Hall–Kier alpha value is -3.44. The van der Waals surface area contributed by atoms with Crippen LogP contribution in [0.15, 0.2) is 48.5 Å². The van der Waals surface area contributed by atoms with E-state index in [1.807, 2.05) is 65.0 Å². The molecular weight excluding hydrogens is 545 g/mol.